The highest BCUT2D eigenvalue weighted by atomic mass is 127. The Morgan fingerprint density at radius 1 is 1.13 bits per heavy atom. The van der Waals surface area contributed by atoms with Crippen molar-refractivity contribution < 1.29 is 22.7 Å². The fraction of sp³-hybridized carbons (Fsp3) is 0.350. The number of aryl methyl sites for hydroxylation is 1. The third kappa shape index (κ3) is 10.9. The van der Waals surface area contributed by atoms with E-state index in [1.807, 2.05) is 19.1 Å². The van der Waals surface area contributed by atoms with E-state index in [-0.39, 0.29) is 42.1 Å². The van der Waals surface area contributed by atoms with Gasteiger partial charge in [0.2, 0.25) is 5.91 Å². The first-order valence-corrected chi connectivity index (χ1v) is 9.22. The number of pyridine rings is 1. The Morgan fingerprint density at radius 3 is 2.45 bits per heavy atom. The van der Waals surface area contributed by atoms with Crippen LogP contribution < -0.4 is 20.7 Å². The molecule has 1 aromatic heterocycles. The summed E-state index contributed by atoms with van der Waals surface area (Å²) in [6.07, 6.45) is -4.15. The Morgan fingerprint density at radius 2 is 1.84 bits per heavy atom. The van der Waals surface area contributed by atoms with E-state index in [1.165, 1.54) is 12.1 Å². The molecule has 0 aliphatic carbocycles. The van der Waals surface area contributed by atoms with Gasteiger partial charge in [0.15, 0.2) is 12.6 Å². The topological polar surface area (TPSA) is 87.6 Å². The Balaban J connectivity index is 0.00000480. The molecule has 0 fully saturated rings. The van der Waals surface area contributed by atoms with Gasteiger partial charge in [0.25, 0.3) is 0 Å². The number of anilines is 1. The van der Waals surface area contributed by atoms with E-state index in [0.717, 1.165) is 11.3 Å². The lowest BCUT2D eigenvalue weighted by Gasteiger charge is -2.13. The van der Waals surface area contributed by atoms with Crippen molar-refractivity contribution in [3.63, 3.8) is 0 Å². The van der Waals surface area contributed by atoms with Crippen molar-refractivity contribution in [2.45, 2.75) is 26.1 Å². The average molecular weight is 551 g/mol. The first-order valence-electron chi connectivity index (χ1n) is 9.22. The summed E-state index contributed by atoms with van der Waals surface area (Å²) in [5.74, 6) is 0.970. The molecule has 0 spiro atoms. The minimum atomic E-state index is -4.37. The second-order valence-electron chi connectivity index (χ2n) is 6.36. The summed E-state index contributed by atoms with van der Waals surface area (Å²) in [6.45, 7) is 1.28. The van der Waals surface area contributed by atoms with Crippen molar-refractivity contribution in [2.24, 2.45) is 4.99 Å². The zero-order valence-corrected chi connectivity index (χ0v) is 19.5. The minimum absolute atomic E-state index is 0. The van der Waals surface area contributed by atoms with Crippen molar-refractivity contribution in [3.8, 4) is 5.75 Å². The van der Waals surface area contributed by atoms with Gasteiger partial charge < -0.3 is 20.7 Å². The molecule has 31 heavy (non-hydrogen) atoms. The van der Waals surface area contributed by atoms with Crippen molar-refractivity contribution >= 4 is 41.7 Å². The number of carbonyl (C=O) groups is 1. The van der Waals surface area contributed by atoms with Gasteiger partial charge in [-0.2, -0.15) is 13.2 Å². The zero-order valence-electron chi connectivity index (χ0n) is 17.1. The van der Waals surface area contributed by atoms with Crippen LogP contribution in [0.1, 0.15) is 17.7 Å². The molecule has 11 heteroatoms. The third-order valence-electron chi connectivity index (χ3n) is 3.81. The Bertz CT molecular complexity index is 861. The third-order valence-corrected chi connectivity index (χ3v) is 3.81. The number of guanidine groups is 1. The van der Waals surface area contributed by atoms with Gasteiger partial charge in [-0.1, -0.05) is 18.2 Å². The summed E-state index contributed by atoms with van der Waals surface area (Å²) in [6, 6.07) is 11.7. The van der Waals surface area contributed by atoms with Crippen LogP contribution in [0.4, 0.5) is 19.0 Å². The zero-order chi connectivity index (χ0) is 22.0. The normalized spacial score (nSPS) is 11.3. The van der Waals surface area contributed by atoms with E-state index in [2.05, 4.69) is 30.7 Å². The van der Waals surface area contributed by atoms with Crippen LogP contribution in [0.3, 0.4) is 0 Å². The largest absolute Gasteiger partial charge is 0.484 e. The van der Waals surface area contributed by atoms with Crippen LogP contribution in [-0.4, -0.2) is 43.2 Å². The van der Waals surface area contributed by atoms with Crippen molar-refractivity contribution in [3.05, 3.63) is 53.7 Å². The molecule has 3 N–H and O–H groups in total. The maximum Gasteiger partial charge on any atom is 0.422 e. The monoisotopic (exact) mass is 551 g/mol. The highest BCUT2D eigenvalue weighted by Crippen LogP contribution is 2.18. The molecule has 170 valence electrons. The van der Waals surface area contributed by atoms with Crippen molar-refractivity contribution in [1.82, 2.24) is 15.6 Å². The van der Waals surface area contributed by atoms with Crippen LogP contribution in [0.25, 0.3) is 0 Å². The highest BCUT2D eigenvalue weighted by Gasteiger charge is 2.28. The first-order chi connectivity index (χ1) is 14.2. The van der Waals surface area contributed by atoms with Crippen molar-refractivity contribution in [1.29, 1.82) is 0 Å². The summed E-state index contributed by atoms with van der Waals surface area (Å²) in [5, 5.41) is 8.81. The molecule has 0 atom stereocenters. The summed E-state index contributed by atoms with van der Waals surface area (Å²) < 4.78 is 41.2. The van der Waals surface area contributed by atoms with Gasteiger partial charge in [-0.25, -0.2) is 4.98 Å². The van der Waals surface area contributed by atoms with Crippen LogP contribution in [0.15, 0.2) is 47.5 Å². The number of aromatic nitrogens is 1. The highest BCUT2D eigenvalue weighted by molar-refractivity contribution is 14.0. The predicted molar refractivity (Wildman–Crippen MR) is 124 cm³/mol. The maximum absolute atomic E-state index is 12.2. The molecule has 0 bridgehead atoms. The number of benzene rings is 1. The first kappa shape index (κ1) is 26.5. The minimum Gasteiger partial charge on any atom is -0.484 e. The summed E-state index contributed by atoms with van der Waals surface area (Å²) in [7, 11) is 1.60. The Hall–Kier alpha value is -2.57. The van der Waals surface area contributed by atoms with Gasteiger partial charge in [0, 0.05) is 32.3 Å². The molecular formula is C20H25F3IN5O2. The van der Waals surface area contributed by atoms with E-state index in [0.29, 0.717) is 24.9 Å². The fourth-order valence-electron chi connectivity index (χ4n) is 2.39. The predicted octanol–water partition coefficient (Wildman–Crippen LogP) is 3.64. The van der Waals surface area contributed by atoms with Gasteiger partial charge in [-0.05, 0) is 36.8 Å². The standard InChI is InChI=1S/C20H24F3N5O2.HI/c1-14-4-3-5-17(27-14)28-18(29)10-11-25-19(24-2)26-12-15-6-8-16(9-7-15)30-13-20(21,22)23;/h3-9H,10-13H2,1-2H3,(H2,24,25,26)(H,27,28,29);1H. The number of nitrogens with zero attached hydrogens (tertiary/aromatic N) is 2. The average Bonchev–Trinajstić information content (AvgIpc) is 2.69. The van der Waals surface area contributed by atoms with E-state index < -0.39 is 12.8 Å². The lowest BCUT2D eigenvalue weighted by atomic mass is 10.2. The number of hydrogen-bond donors (Lipinski definition) is 3. The van der Waals surface area contributed by atoms with Crippen LogP contribution in [0.2, 0.25) is 0 Å². The van der Waals surface area contributed by atoms with E-state index in [9.17, 15) is 18.0 Å². The number of halogens is 4. The number of rotatable bonds is 8. The molecule has 0 unspecified atom stereocenters. The van der Waals surface area contributed by atoms with Gasteiger partial charge in [0.1, 0.15) is 11.6 Å². The summed E-state index contributed by atoms with van der Waals surface area (Å²) >= 11 is 0. The second-order valence-corrected chi connectivity index (χ2v) is 6.36. The van der Waals surface area contributed by atoms with Crippen LogP contribution in [-0.2, 0) is 11.3 Å². The molecule has 0 radical (unpaired) electrons. The number of nitrogens with one attached hydrogen (secondary N) is 3. The molecular weight excluding hydrogens is 526 g/mol. The number of hydrogen-bond acceptors (Lipinski definition) is 4. The quantitative estimate of drug-likeness (QED) is 0.265. The van der Waals surface area contributed by atoms with Gasteiger partial charge in [-0.3, -0.25) is 9.79 Å². The van der Waals surface area contributed by atoms with Gasteiger partial charge in [-0.15, -0.1) is 24.0 Å². The van der Waals surface area contributed by atoms with E-state index in [1.54, 1.807) is 25.2 Å². The molecule has 1 heterocycles. The maximum atomic E-state index is 12.2. The number of amides is 1. The molecule has 2 aromatic rings. The van der Waals surface area contributed by atoms with Crippen LogP contribution in [0.5, 0.6) is 5.75 Å². The van der Waals surface area contributed by atoms with Gasteiger partial charge >= 0.3 is 6.18 Å². The smallest absolute Gasteiger partial charge is 0.422 e. The van der Waals surface area contributed by atoms with E-state index in [4.69, 9.17) is 0 Å². The number of aliphatic imine (C=N–C) groups is 1. The van der Waals surface area contributed by atoms with E-state index >= 15 is 0 Å². The molecule has 7 nitrogen and oxygen atoms in total. The molecule has 2 rings (SSSR count). The summed E-state index contributed by atoms with van der Waals surface area (Å²) in [4.78, 5) is 20.3. The molecule has 1 amide bonds. The molecule has 1 aromatic carbocycles. The van der Waals surface area contributed by atoms with Crippen molar-refractivity contribution in [2.75, 3.05) is 25.5 Å². The lowest BCUT2D eigenvalue weighted by molar-refractivity contribution is -0.153. The number of ether oxygens (including phenoxy) is 1. The fourth-order valence-corrected chi connectivity index (χ4v) is 2.39. The lowest BCUT2D eigenvalue weighted by Crippen LogP contribution is -2.38. The molecule has 0 saturated carbocycles. The Labute approximate surface area is 195 Å². The van der Waals surface area contributed by atoms with Crippen LogP contribution >= 0.6 is 24.0 Å². The molecule has 0 saturated heterocycles. The summed E-state index contributed by atoms with van der Waals surface area (Å²) in [5.41, 5.74) is 1.65. The number of carbonyl (C=O) groups excluding carboxylic acids is 1. The number of alkyl halides is 3. The molecule has 0 aliphatic heterocycles. The SMILES string of the molecule is CN=C(NCCC(=O)Nc1cccc(C)n1)NCc1ccc(OCC(F)(F)F)cc1.I. The molecule has 0 aliphatic rings. The van der Waals surface area contributed by atoms with Gasteiger partial charge in [0.05, 0.1) is 0 Å². The second kappa shape index (κ2) is 13.0. The Kier molecular flexibility index (Phi) is 11.1. The van der Waals surface area contributed by atoms with Crippen LogP contribution in [0, 0.1) is 6.92 Å².